The summed E-state index contributed by atoms with van der Waals surface area (Å²) in [7, 11) is 1.64. The van der Waals surface area contributed by atoms with E-state index < -0.39 is 6.04 Å². The number of nitrogens with one attached hydrogen (secondary N) is 1. The second kappa shape index (κ2) is 8.99. The molecule has 0 fully saturated rings. The summed E-state index contributed by atoms with van der Waals surface area (Å²) in [6.07, 6.45) is 1.00. The van der Waals surface area contributed by atoms with Crippen molar-refractivity contribution in [2.45, 2.75) is 31.7 Å². The van der Waals surface area contributed by atoms with Gasteiger partial charge >= 0.3 is 0 Å². The Morgan fingerprint density at radius 2 is 1.71 bits per heavy atom. The zero-order valence-electron chi connectivity index (χ0n) is 19.0. The van der Waals surface area contributed by atoms with Crippen LogP contribution in [0.3, 0.4) is 0 Å². The van der Waals surface area contributed by atoms with Crippen LogP contribution in [-0.2, 0) is 9.59 Å². The predicted molar refractivity (Wildman–Crippen MR) is 134 cm³/mol. The third-order valence-electron chi connectivity index (χ3n) is 6.61. The summed E-state index contributed by atoms with van der Waals surface area (Å²) in [6.45, 7) is 1.53. The van der Waals surface area contributed by atoms with Crippen molar-refractivity contribution in [2.24, 2.45) is 0 Å². The van der Waals surface area contributed by atoms with E-state index in [1.165, 1.54) is 6.92 Å². The Morgan fingerprint density at radius 1 is 1.00 bits per heavy atom. The fourth-order valence-electron chi connectivity index (χ4n) is 5.04. The van der Waals surface area contributed by atoms with Gasteiger partial charge in [0.15, 0.2) is 5.78 Å². The van der Waals surface area contributed by atoms with Crippen molar-refractivity contribution in [3.8, 4) is 5.75 Å². The number of ether oxygens (including phenoxy) is 1. The number of Topliss-reactive ketones (excluding diaryl/α,β-unsaturated/α-hetero) is 1. The highest BCUT2D eigenvalue weighted by atomic mass is 35.5. The van der Waals surface area contributed by atoms with Gasteiger partial charge in [-0.2, -0.15) is 0 Å². The van der Waals surface area contributed by atoms with Crippen molar-refractivity contribution in [1.82, 2.24) is 0 Å². The first-order chi connectivity index (χ1) is 16.5. The molecule has 3 aromatic carbocycles. The third kappa shape index (κ3) is 3.86. The number of hydrogen-bond acceptors (Lipinski definition) is 4. The standard InChI is InChI=1S/C28H25ClN2O3/c1-17(32)31-25-10-6-5-9-23(25)30-24-15-19(18-11-13-20(34-2)14-12-18)16-26(33)27(24)28(31)21-7-3-4-8-22(21)29/h3-14,19,28,30H,15-16H2,1-2H3/t19-,28-/m0/s1. The van der Waals surface area contributed by atoms with Gasteiger partial charge in [-0.1, -0.05) is 54.1 Å². The predicted octanol–water partition coefficient (Wildman–Crippen LogP) is 6.27. The minimum Gasteiger partial charge on any atom is -0.497 e. The van der Waals surface area contributed by atoms with Crippen LogP contribution in [0.2, 0.25) is 5.02 Å². The molecule has 34 heavy (non-hydrogen) atoms. The van der Waals surface area contributed by atoms with Crippen molar-refractivity contribution in [2.75, 3.05) is 17.3 Å². The van der Waals surface area contributed by atoms with Crippen LogP contribution in [0.15, 0.2) is 84.1 Å². The van der Waals surface area contributed by atoms with Crippen molar-refractivity contribution in [3.63, 3.8) is 0 Å². The normalized spacial score (nSPS) is 19.6. The molecule has 0 unspecified atom stereocenters. The molecule has 2 aliphatic rings. The fraction of sp³-hybridized carbons (Fsp3) is 0.214. The number of para-hydroxylation sites is 2. The van der Waals surface area contributed by atoms with Gasteiger partial charge in [-0.3, -0.25) is 14.5 Å². The first-order valence-electron chi connectivity index (χ1n) is 11.3. The number of halogens is 1. The summed E-state index contributed by atoms with van der Waals surface area (Å²) >= 11 is 6.64. The molecule has 0 bridgehead atoms. The Kier molecular flexibility index (Phi) is 5.88. The first kappa shape index (κ1) is 22.2. The lowest BCUT2D eigenvalue weighted by Gasteiger charge is -2.35. The summed E-state index contributed by atoms with van der Waals surface area (Å²) in [5.41, 5.74) is 4.77. The van der Waals surface area contributed by atoms with E-state index >= 15 is 0 Å². The number of amides is 1. The molecule has 0 spiro atoms. The Balaban J connectivity index is 1.68. The Labute approximate surface area is 204 Å². The topological polar surface area (TPSA) is 58.6 Å². The summed E-state index contributed by atoms with van der Waals surface area (Å²) < 4.78 is 5.29. The smallest absolute Gasteiger partial charge is 0.224 e. The number of fused-ring (bicyclic) bond motifs is 1. The largest absolute Gasteiger partial charge is 0.497 e. The molecule has 0 aromatic heterocycles. The van der Waals surface area contributed by atoms with Crippen LogP contribution in [0.1, 0.15) is 42.9 Å². The van der Waals surface area contributed by atoms with E-state index in [9.17, 15) is 9.59 Å². The quantitative estimate of drug-likeness (QED) is 0.488. The highest BCUT2D eigenvalue weighted by Crippen LogP contribution is 2.48. The molecule has 2 atom stereocenters. The van der Waals surface area contributed by atoms with Crippen molar-refractivity contribution >= 4 is 34.7 Å². The van der Waals surface area contributed by atoms with E-state index in [1.807, 2.05) is 66.7 Å². The molecule has 172 valence electrons. The maximum absolute atomic E-state index is 13.8. The highest BCUT2D eigenvalue weighted by Gasteiger charge is 2.41. The number of methoxy groups -OCH3 is 1. The Bertz CT molecular complexity index is 1300. The summed E-state index contributed by atoms with van der Waals surface area (Å²) in [6, 6.07) is 22.3. The summed E-state index contributed by atoms with van der Waals surface area (Å²) in [4.78, 5) is 28.5. The number of ketones is 1. The molecule has 5 nitrogen and oxygen atoms in total. The molecular formula is C28H25ClN2O3. The molecule has 5 rings (SSSR count). The van der Waals surface area contributed by atoms with Crippen LogP contribution in [-0.4, -0.2) is 18.8 Å². The van der Waals surface area contributed by atoms with Gasteiger partial charge in [0.1, 0.15) is 5.75 Å². The highest BCUT2D eigenvalue weighted by molar-refractivity contribution is 6.31. The summed E-state index contributed by atoms with van der Waals surface area (Å²) in [5, 5.41) is 4.04. The van der Waals surface area contributed by atoms with E-state index in [1.54, 1.807) is 18.1 Å². The second-order valence-corrected chi connectivity index (χ2v) is 9.06. The first-order valence-corrected chi connectivity index (χ1v) is 11.7. The fourth-order valence-corrected chi connectivity index (χ4v) is 5.28. The molecule has 1 amide bonds. The molecule has 6 heteroatoms. The maximum Gasteiger partial charge on any atom is 0.224 e. The lowest BCUT2D eigenvalue weighted by Crippen LogP contribution is -2.37. The van der Waals surface area contributed by atoms with Crippen LogP contribution in [0.5, 0.6) is 5.75 Å². The number of rotatable bonds is 3. The van der Waals surface area contributed by atoms with Crippen molar-refractivity contribution in [1.29, 1.82) is 0 Å². The lowest BCUT2D eigenvalue weighted by atomic mass is 9.78. The average Bonchev–Trinajstić information content (AvgIpc) is 2.99. The van der Waals surface area contributed by atoms with E-state index in [0.29, 0.717) is 23.4 Å². The molecule has 0 saturated heterocycles. The molecule has 1 N–H and O–H groups in total. The molecule has 3 aromatic rings. The van der Waals surface area contributed by atoms with E-state index in [0.717, 1.165) is 33.9 Å². The number of nitrogens with zero attached hydrogens (tertiary/aromatic N) is 1. The van der Waals surface area contributed by atoms with Crippen LogP contribution < -0.4 is 15.0 Å². The van der Waals surface area contributed by atoms with E-state index in [-0.39, 0.29) is 17.6 Å². The third-order valence-corrected chi connectivity index (χ3v) is 6.96. The van der Waals surface area contributed by atoms with Gasteiger partial charge in [-0.05, 0) is 53.8 Å². The zero-order chi connectivity index (χ0) is 23.8. The minimum absolute atomic E-state index is 0.0125. The number of anilines is 2. The molecule has 0 radical (unpaired) electrons. The monoisotopic (exact) mass is 472 g/mol. The SMILES string of the molecule is COc1ccc([C@@H]2CC(=O)C3=C(C2)Nc2ccccc2N(C(C)=O)[C@H]3c2ccccc2Cl)cc1. The van der Waals surface area contributed by atoms with Crippen LogP contribution >= 0.6 is 11.6 Å². The molecule has 0 saturated carbocycles. The summed E-state index contributed by atoms with van der Waals surface area (Å²) in [5.74, 6) is 0.660. The Hall–Kier alpha value is -3.57. The van der Waals surface area contributed by atoms with Gasteiger partial charge in [0.25, 0.3) is 0 Å². The molecule has 1 aliphatic carbocycles. The zero-order valence-corrected chi connectivity index (χ0v) is 19.8. The number of benzene rings is 3. The van der Waals surface area contributed by atoms with E-state index in [2.05, 4.69) is 5.32 Å². The van der Waals surface area contributed by atoms with Crippen LogP contribution in [0.25, 0.3) is 0 Å². The number of carbonyl (C=O) groups excluding carboxylic acids is 2. The maximum atomic E-state index is 13.8. The van der Waals surface area contributed by atoms with Crippen molar-refractivity contribution in [3.05, 3.63) is 100 Å². The molecule has 1 heterocycles. The second-order valence-electron chi connectivity index (χ2n) is 8.65. The number of allylic oxidation sites excluding steroid dienone is 1. The van der Waals surface area contributed by atoms with Crippen LogP contribution in [0.4, 0.5) is 11.4 Å². The Morgan fingerprint density at radius 3 is 2.41 bits per heavy atom. The van der Waals surface area contributed by atoms with Gasteiger partial charge < -0.3 is 10.1 Å². The number of hydrogen-bond donors (Lipinski definition) is 1. The van der Waals surface area contributed by atoms with Gasteiger partial charge in [0, 0.05) is 29.6 Å². The average molecular weight is 473 g/mol. The molecule has 1 aliphatic heterocycles. The van der Waals surface area contributed by atoms with Gasteiger partial charge in [0.05, 0.1) is 24.5 Å². The van der Waals surface area contributed by atoms with Gasteiger partial charge in [0.2, 0.25) is 5.91 Å². The van der Waals surface area contributed by atoms with E-state index in [4.69, 9.17) is 16.3 Å². The van der Waals surface area contributed by atoms with Crippen LogP contribution in [0, 0.1) is 0 Å². The number of carbonyl (C=O) groups is 2. The minimum atomic E-state index is -0.610. The molecular weight excluding hydrogens is 448 g/mol. The van der Waals surface area contributed by atoms with Gasteiger partial charge in [-0.25, -0.2) is 0 Å². The lowest BCUT2D eigenvalue weighted by molar-refractivity contribution is -0.117. The van der Waals surface area contributed by atoms with Gasteiger partial charge in [-0.15, -0.1) is 0 Å². The van der Waals surface area contributed by atoms with Crippen molar-refractivity contribution < 1.29 is 14.3 Å².